The molecule has 1 aromatic rings. The SMILES string of the molecule is CC(C)CCOCCOc1cccc(CNC2CC2)c1. The fourth-order valence-corrected chi connectivity index (χ4v) is 1.93. The summed E-state index contributed by atoms with van der Waals surface area (Å²) in [5, 5.41) is 3.51. The summed E-state index contributed by atoms with van der Waals surface area (Å²) in [7, 11) is 0. The van der Waals surface area contributed by atoms with Gasteiger partial charge >= 0.3 is 0 Å². The zero-order valence-corrected chi connectivity index (χ0v) is 12.7. The third-order valence-corrected chi connectivity index (χ3v) is 3.41. The fraction of sp³-hybridized carbons (Fsp3) is 0.647. The standard InChI is InChI=1S/C17H27NO2/c1-14(2)8-9-19-10-11-20-17-5-3-4-15(12-17)13-18-16-6-7-16/h3-5,12,14,16,18H,6-11,13H2,1-2H3. The van der Waals surface area contributed by atoms with E-state index >= 15 is 0 Å². The Hall–Kier alpha value is -1.06. The number of nitrogens with one attached hydrogen (secondary N) is 1. The molecule has 0 unspecified atom stereocenters. The lowest BCUT2D eigenvalue weighted by Gasteiger charge is -2.10. The van der Waals surface area contributed by atoms with Gasteiger partial charge in [-0.05, 0) is 42.9 Å². The average molecular weight is 277 g/mol. The van der Waals surface area contributed by atoms with Crippen LogP contribution in [0.4, 0.5) is 0 Å². The summed E-state index contributed by atoms with van der Waals surface area (Å²) in [6, 6.07) is 9.06. The van der Waals surface area contributed by atoms with Crippen LogP contribution in [0, 0.1) is 5.92 Å². The highest BCUT2D eigenvalue weighted by Crippen LogP contribution is 2.20. The Morgan fingerprint density at radius 1 is 1.20 bits per heavy atom. The maximum atomic E-state index is 5.72. The molecular weight excluding hydrogens is 250 g/mol. The minimum absolute atomic E-state index is 0.623. The summed E-state index contributed by atoms with van der Waals surface area (Å²) in [4.78, 5) is 0. The first-order valence-corrected chi connectivity index (χ1v) is 7.77. The van der Waals surface area contributed by atoms with Gasteiger partial charge in [0, 0.05) is 19.2 Å². The Bertz CT molecular complexity index is 388. The molecule has 1 aliphatic rings. The molecule has 20 heavy (non-hydrogen) atoms. The third-order valence-electron chi connectivity index (χ3n) is 3.41. The molecule has 112 valence electrons. The van der Waals surface area contributed by atoms with Gasteiger partial charge in [0.15, 0.2) is 0 Å². The molecule has 0 spiro atoms. The maximum absolute atomic E-state index is 5.72. The number of hydrogen-bond acceptors (Lipinski definition) is 3. The first kappa shape index (κ1) is 15.3. The lowest BCUT2D eigenvalue weighted by Crippen LogP contribution is -2.15. The van der Waals surface area contributed by atoms with Crippen LogP contribution in [0.15, 0.2) is 24.3 Å². The second-order valence-electron chi connectivity index (χ2n) is 5.95. The van der Waals surface area contributed by atoms with Gasteiger partial charge in [-0.1, -0.05) is 26.0 Å². The summed E-state index contributed by atoms with van der Waals surface area (Å²) >= 11 is 0. The highest BCUT2D eigenvalue weighted by Gasteiger charge is 2.19. The lowest BCUT2D eigenvalue weighted by molar-refractivity contribution is 0.0925. The van der Waals surface area contributed by atoms with Gasteiger partial charge in [0.05, 0.1) is 6.61 Å². The molecule has 0 saturated heterocycles. The van der Waals surface area contributed by atoms with E-state index in [-0.39, 0.29) is 0 Å². The van der Waals surface area contributed by atoms with Crippen molar-refractivity contribution in [2.45, 2.75) is 45.7 Å². The number of ether oxygens (including phenoxy) is 2. The number of benzene rings is 1. The molecule has 3 nitrogen and oxygen atoms in total. The molecule has 1 N–H and O–H groups in total. The van der Waals surface area contributed by atoms with Crippen LogP contribution >= 0.6 is 0 Å². The van der Waals surface area contributed by atoms with Crippen LogP contribution in [0.1, 0.15) is 38.7 Å². The molecule has 0 heterocycles. The maximum Gasteiger partial charge on any atom is 0.119 e. The molecule has 0 radical (unpaired) electrons. The smallest absolute Gasteiger partial charge is 0.119 e. The van der Waals surface area contributed by atoms with Gasteiger partial charge in [-0.2, -0.15) is 0 Å². The Morgan fingerprint density at radius 2 is 2.05 bits per heavy atom. The van der Waals surface area contributed by atoms with E-state index in [0.717, 1.165) is 31.4 Å². The Labute approximate surface area is 122 Å². The van der Waals surface area contributed by atoms with Crippen molar-refractivity contribution in [2.24, 2.45) is 5.92 Å². The number of hydrogen-bond donors (Lipinski definition) is 1. The molecule has 0 aliphatic heterocycles. The van der Waals surface area contributed by atoms with Crippen molar-refractivity contribution in [1.82, 2.24) is 5.32 Å². The zero-order chi connectivity index (χ0) is 14.2. The summed E-state index contributed by atoms with van der Waals surface area (Å²) in [5.41, 5.74) is 1.29. The molecule has 2 rings (SSSR count). The van der Waals surface area contributed by atoms with Crippen LogP contribution < -0.4 is 10.1 Å². The second kappa shape index (κ2) is 8.28. The van der Waals surface area contributed by atoms with Crippen molar-refractivity contribution in [3.05, 3.63) is 29.8 Å². The van der Waals surface area contributed by atoms with E-state index in [4.69, 9.17) is 9.47 Å². The highest BCUT2D eigenvalue weighted by atomic mass is 16.5. The van der Waals surface area contributed by atoms with Crippen molar-refractivity contribution >= 4 is 0 Å². The third kappa shape index (κ3) is 6.40. The van der Waals surface area contributed by atoms with Crippen LogP contribution in [-0.4, -0.2) is 25.9 Å². The Morgan fingerprint density at radius 3 is 2.80 bits per heavy atom. The normalized spacial score (nSPS) is 14.8. The fourth-order valence-electron chi connectivity index (χ4n) is 1.93. The van der Waals surface area contributed by atoms with E-state index in [1.807, 2.05) is 6.07 Å². The predicted octanol–water partition coefficient (Wildman–Crippen LogP) is 3.38. The van der Waals surface area contributed by atoms with E-state index in [1.54, 1.807) is 0 Å². The van der Waals surface area contributed by atoms with E-state index < -0.39 is 0 Å². The number of rotatable bonds is 10. The van der Waals surface area contributed by atoms with Gasteiger partial charge in [-0.3, -0.25) is 0 Å². The summed E-state index contributed by atoms with van der Waals surface area (Å²) in [5.74, 6) is 1.64. The molecule has 0 atom stereocenters. The average Bonchev–Trinajstić information content (AvgIpc) is 3.25. The molecule has 0 aromatic heterocycles. The van der Waals surface area contributed by atoms with Crippen LogP contribution in [0.25, 0.3) is 0 Å². The molecule has 1 fully saturated rings. The molecule has 3 heteroatoms. The van der Waals surface area contributed by atoms with Gasteiger partial charge < -0.3 is 14.8 Å². The molecule has 0 bridgehead atoms. The van der Waals surface area contributed by atoms with Crippen molar-refractivity contribution in [1.29, 1.82) is 0 Å². The van der Waals surface area contributed by atoms with Crippen molar-refractivity contribution in [2.75, 3.05) is 19.8 Å². The summed E-state index contributed by atoms with van der Waals surface area (Å²) in [6.07, 6.45) is 3.76. The predicted molar refractivity (Wildman–Crippen MR) is 82.1 cm³/mol. The minimum atomic E-state index is 0.623. The lowest BCUT2D eigenvalue weighted by atomic mass is 10.1. The van der Waals surface area contributed by atoms with E-state index in [0.29, 0.717) is 19.1 Å². The van der Waals surface area contributed by atoms with Crippen LogP contribution in [0.5, 0.6) is 5.75 Å². The quantitative estimate of drug-likeness (QED) is 0.665. The minimum Gasteiger partial charge on any atom is -0.491 e. The Balaban J connectivity index is 1.60. The second-order valence-corrected chi connectivity index (χ2v) is 5.95. The van der Waals surface area contributed by atoms with E-state index in [1.165, 1.54) is 18.4 Å². The largest absolute Gasteiger partial charge is 0.491 e. The van der Waals surface area contributed by atoms with E-state index in [9.17, 15) is 0 Å². The van der Waals surface area contributed by atoms with Gasteiger partial charge in [0.25, 0.3) is 0 Å². The molecular formula is C17H27NO2. The Kier molecular flexibility index (Phi) is 6.34. The molecule has 0 amide bonds. The van der Waals surface area contributed by atoms with Crippen LogP contribution in [-0.2, 0) is 11.3 Å². The van der Waals surface area contributed by atoms with Gasteiger partial charge in [-0.25, -0.2) is 0 Å². The van der Waals surface area contributed by atoms with Crippen LogP contribution in [0.3, 0.4) is 0 Å². The monoisotopic (exact) mass is 277 g/mol. The molecule has 1 saturated carbocycles. The van der Waals surface area contributed by atoms with Crippen molar-refractivity contribution in [3.63, 3.8) is 0 Å². The van der Waals surface area contributed by atoms with E-state index in [2.05, 4.69) is 37.4 Å². The molecule has 1 aliphatic carbocycles. The van der Waals surface area contributed by atoms with Gasteiger partial charge in [0.1, 0.15) is 12.4 Å². The summed E-state index contributed by atoms with van der Waals surface area (Å²) in [6.45, 7) is 7.47. The zero-order valence-electron chi connectivity index (χ0n) is 12.7. The first-order valence-electron chi connectivity index (χ1n) is 7.77. The van der Waals surface area contributed by atoms with Gasteiger partial charge in [-0.15, -0.1) is 0 Å². The topological polar surface area (TPSA) is 30.5 Å². The highest BCUT2D eigenvalue weighted by molar-refractivity contribution is 5.28. The van der Waals surface area contributed by atoms with Crippen molar-refractivity contribution < 1.29 is 9.47 Å². The first-order chi connectivity index (χ1) is 9.74. The van der Waals surface area contributed by atoms with Crippen LogP contribution in [0.2, 0.25) is 0 Å². The summed E-state index contributed by atoms with van der Waals surface area (Å²) < 4.78 is 11.3. The molecule has 1 aromatic carbocycles. The van der Waals surface area contributed by atoms with Crippen molar-refractivity contribution in [3.8, 4) is 5.75 Å². The van der Waals surface area contributed by atoms with Gasteiger partial charge in [0.2, 0.25) is 0 Å².